The van der Waals surface area contributed by atoms with E-state index >= 15 is 0 Å². The highest BCUT2D eigenvalue weighted by molar-refractivity contribution is 5.93. The fourth-order valence-corrected chi connectivity index (χ4v) is 2.57. The van der Waals surface area contributed by atoms with Crippen LogP contribution in [-0.4, -0.2) is 49.6 Å². The number of methoxy groups -OCH3 is 1. The molecule has 1 fully saturated rings. The lowest BCUT2D eigenvalue weighted by Gasteiger charge is -2.40. The Morgan fingerprint density at radius 3 is 2.61 bits per heavy atom. The monoisotopic (exact) mass is 319 g/mol. The summed E-state index contributed by atoms with van der Waals surface area (Å²) in [6.07, 6.45) is 4.50. The molecule has 0 bridgehead atoms. The second-order valence-electron chi connectivity index (χ2n) is 5.13. The highest BCUT2D eigenvalue weighted by Crippen LogP contribution is 2.30. The van der Waals surface area contributed by atoms with Crippen LogP contribution in [0.2, 0.25) is 0 Å². The maximum absolute atomic E-state index is 11.9. The number of hydrogen-bond donors (Lipinski definition) is 1. The predicted octanol–water partition coefficient (Wildman–Crippen LogP) is 0.200. The van der Waals surface area contributed by atoms with Crippen LogP contribution in [0.15, 0.2) is 30.5 Å². The van der Waals surface area contributed by atoms with Crippen LogP contribution >= 0.6 is 0 Å². The minimum absolute atomic E-state index is 0.165. The highest BCUT2D eigenvalue weighted by Gasteiger charge is 2.46. The van der Waals surface area contributed by atoms with Gasteiger partial charge in [0, 0.05) is 24.8 Å². The molecule has 3 rings (SSSR count). The molecule has 8 nitrogen and oxygen atoms in total. The second kappa shape index (κ2) is 6.25. The Kier molecular flexibility index (Phi) is 4.16. The molecule has 1 spiro atoms. The topological polar surface area (TPSA) is 90.0 Å². The minimum Gasteiger partial charge on any atom is -0.481 e. The molecular weight excluding hydrogens is 302 g/mol. The summed E-state index contributed by atoms with van der Waals surface area (Å²) in [4.78, 5) is 29.6. The van der Waals surface area contributed by atoms with E-state index in [0.29, 0.717) is 24.7 Å². The van der Waals surface area contributed by atoms with Crippen LogP contribution in [0.5, 0.6) is 5.88 Å². The van der Waals surface area contributed by atoms with Crippen LogP contribution in [0, 0.1) is 0 Å². The third kappa shape index (κ3) is 3.11. The summed E-state index contributed by atoms with van der Waals surface area (Å²) in [7, 11) is 1.53. The lowest BCUT2D eigenvalue weighted by Crippen LogP contribution is -2.58. The van der Waals surface area contributed by atoms with Crippen molar-refractivity contribution >= 4 is 17.6 Å². The van der Waals surface area contributed by atoms with E-state index in [4.69, 9.17) is 14.2 Å². The van der Waals surface area contributed by atoms with Gasteiger partial charge in [-0.25, -0.2) is 14.6 Å². The molecule has 1 saturated heterocycles. The highest BCUT2D eigenvalue weighted by atomic mass is 16.8. The second-order valence-corrected chi connectivity index (χ2v) is 5.13. The predicted molar refractivity (Wildman–Crippen MR) is 79.7 cm³/mol. The molecule has 0 saturated carbocycles. The quantitative estimate of drug-likeness (QED) is 0.773. The number of aromatic nitrogens is 1. The molecule has 0 aliphatic carbocycles. The third-order valence-electron chi connectivity index (χ3n) is 3.61. The van der Waals surface area contributed by atoms with Crippen molar-refractivity contribution in [3.05, 3.63) is 30.5 Å². The molecule has 0 unspecified atom stereocenters. The normalized spacial score (nSPS) is 20.5. The zero-order valence-corrected chi connectivity index (χ0v) is 12.7. The van der Waals surface area contributed by atoms with Gasteiger partial charge in [0.25, 0.3) is 0 Å². The summed E-state index contributed by atoms with van der Waals surface area (Å²) in [5.74, 6) is -2.34. The van der Waals surface area contributed by atoms with Crippen molar-refractivity contribution < 1.29 is 23.8 Å². The fraction of sp³-hybridized carbons (Fsp3) is 0.400. The number of ether oxygens (including phenoxy) is 3. The Hall–Kier alpha value is -2.61. The number of carbonyl (C=O) groups is 2. The van der Waals surface area contributed by atoms with Crippen LogP contribution in [-0.2, 0) is 19.1 Å². The maximum atomic E-state index is 11.9. The SMILES string of the molecule is COc1ccc(N2CCCNCC23OC(=O)C=CC(=O)O3)cn1. The van der Waals surface area contributed by atoms with Gasteiger partial charge >= 0.3 is 17.8 Å². The molecule has 0 amide bonds. The van der Waals surface area contributed by atoms with Crippen molar-refractivity contribution in [2.24, 2.45) is 0 Å². The summed E-state index contributed by atoms with van der Waals surface area (Å²) >= 11 is 0. The van der Waals surface area contributed by atoms with Crippen molar-refractivity contribution in [1.82, 2.24) is 10.3 Å². The largest absolute Gasteiger partial charge is 0.481 e. The fourth-order valence-electron chi connectivity index (χ4n) is 2.57. The molecule has 1 aromatic heterocycles. The number of nitrogens with zero attached hydrogens (tertiary/aromatic N) is 2. The van der Waals surface area contributed by atoms with Crippen molar-refractivity contribution in [2.75, 3.05) is 31.6 Å². The van der Waals surface area contributed by atoms with Gasteiger partial charge in [-0.1, -0.05) is 0 Å². The van der Waals surface area contributed by atoms with Gasteiger partial charge in [0.05, 0.1) is 25.5 Å². The van der Waals surface area contributed by atoms with Gasteiger partial charge < -0.3 is 19.5 Å². The lowest BCUT2D eigenvalue weighted by molar-refractivity contribution is -0.217. The van der Waals surface area contributed by atoms with E-state index in [-0.39, 0.29) is 6.54 Å². The average Bonchev–Trinajstić information content (AvgIpc) is 2.83. The van der Waals surface area contributed by atoms with E-state index in [9.17, 15) is 9.59 Å². The van der Waals surface area contributed by atoms with E-state index in [1.54, 1.807) is 23.2 Å². The summed E-state index contributed by atoms with van der Waals surface area (Å²) in [6.45, 7) is 1.41. The first kappa shape index (κ1) is 15.3. The van der Waals surface area contributed by atoms with E-state index in [0.717, 1.165) is 18.6 Å². The average molecular weight is 319 g/mol. The van der Waals surface area contributed by atoms with Gasteiger partial charge in [0.1, 0.15) is 0 Å². The smallest absolute Gasteiger partial charge is 0.356 e. The molecule has 2 aliphatic heterocycles. The van der Waals surface area contributed by atoms with E-state index in [2.05, 4.69) is 10.3 Å². The Morgan fingerprint density at radius 2 is 2.00 bits per heavy atom. The van der Waals surface area contributed by atoms with Crippen LogP contribution in [0.3, 0.4) is 0 Å². The van der Waals surface area contributed by atoms with Crippen LogP contribution in [0.25, 0.3) is 0 Å². The number of hydrogen-bond acceptors (Lipinski definition) is 8. The van der Waals surface area contributed by atoms with E-state index in [1.807, 2.05) is 0 Å². The third-order valence-corrected chi connectivity index (χ3v) is 3.61. The van der Waals surface area contributed by atoms with Gasteiger partial charge in [-0.15, -0.1) is 0 Å². The summed E-state index contributed by atoms with van der Waals surface area (Å²) in [5.41, 5.74) is 0.664. The van der Waals surface area contributed by atoms with E-state index < -0.39 is 17.8 Å². The van der Waals surface area contributed by atoms with Crippen LogP contribution < -0.4 is 15.0 Å². The Balaban J connectivity index is 1.99. The van der Waals surface area contributed by atoms with Crippen molar-refractivity contribution in [2.45, 2.75) is 12.3 Å². The number of rotatable bonds is 2. The van der Waals surface area contributed by atoms with Gasteiger partial charge in [-0.3, -0.25) is 4.90 Å². The van der Waals surface area contributed by atoms with Crippen molar-refractivity contribution in [3.8, 4) is 5.88 Å². The molecule has 23 heavy (non-hydrogen) atoms. The first-order valence-electron chi connectivity index (χ1n) is 7.25. The van der Waals surface area contributed by atoms with Crippen molar-refractivity contribution in [1.29, 1.82) is 0 Å². The Bertz CT molecular complexity index is 609. The van der Waals surface area contributed by atoms with Crippen LogP contribution in [0.1, 0.15) is 6.42 Å². The minimum atomic E-state index is -1.54. The van der Waals surface area contributed by atoms with Gasteiger partial charge in [-0.2, -0.15) is 0 Å². The number of carbonyl (C=O) groups excluding carboxylic acids is 2. The summed E-state index contributed by atoms with van der Waals surface area (Å²) < 4.78 is 15.9. The van der Waals surface area contributed by atoms with Gasteiger partial charge in [-0.05, 0) is 19.0 Å². The Labute approximate surface area is 133 Å². The molecule has 0 atom stereocenters. The van der Waals surface area contributed by atoms with Crippen LogP contribution in [0.4, 0.5) is 5.69 Å². The maximum Gasteiger partial charge on any atom is 0.356 e. The van der Waals surface area contributed by atoms with Crippen molar-refractivity contribution in [3.63, 3.8) is 0 Å². The Morgan fingerprint density at radius 1 is 1.26 bits per heavy atom. The lowest BCUT2D eigenvalue weighted by atomic mass is 10.3. The molecular formula is C15H17N3O5. The van der Waals surface area contributed by atoms with Gasteiger partial charge in [0.15, 0.2) is 0 Å². The van der Waals surface area contributed by atoms with Gasteiger partial charge in [0.2, 0.25) is 5.88 Å². The molecule has 0 aromatic carbocycles. The molecule has 1 N–H and O–H groups in total. The zero-order chi connectivity index (χ0) is 16.3. The molecule has 1 aromatic rings. The molecule has 122 valence electrons. The number of anilines is 1. The number of esters is 2. The number of nitrogens with one attached hydrogen (secondary N) is 1. The molecule has 8 heteroatoms. The summed E-state index contributed by atoms with van der Waals surface area (Å²) in [6, 6.07) is 3.47. The molecule has 0 radical (unpaired) electrons. The van der Waals surface area contributed by atoms with E-state index in [1.165, 1.54) is 7.11 Å². The number of pyridine rings is 1. The molecule has 2 aliphatic rings. The standard InChI is InChI=1S/C15H17N3O5/c1-21-12-4-3-11(9-17-12)18-8-2-7-16-10-15(18)22-13(19)5-6-14(20)23-15/h3-6,9,16H,2,7-8,10H2,1H3. The summed E-state index contributed by atoms with van der Waals surface area (Å²) in [5, 5.41) is 3.13. The first-order chi connectivity index (χ1) is 11.1. The first-order valence-corrected chi connectivity index (χ1v) is 7.25. The molecule has 3 heterocycles. The zero-order valence-electron chi connectivity index (χ0n) is 12.7.